The molecule has 4 rings (SSSR count). The van der Waals surface area contributed by atoms with Crippen LogP contribution < -0.4 is 30.9 Å². The van der Waals surface area contributed by atoms with Crippen LogP contribution in [0, 0.1) is 0 Å². The van der Waals surface area contributed by atoms with Gasteiger partial charge in [0.25, 0.3) is 11.8 Å². The minimum Gasteiger partial charge on any atom is -0.411 e. The van der Waals surface area contributed by atoms with E-state index in [0.29, 0.717) is 5.06 Å². The molecular formula is C24H23F6N3O7. The largest absolute Gasteiger partial charge is 0.573 e. The van der Waals surface area contributed by atoms with Crippen molar-refractivity contribution in [2.24, 2.45) is 11.8 Å². The molecule has 0 bridgehead atoms. The number of ether oxygens (including phenoxy) is 2. The standard InChI is InChI=1S/C15H8F3NO4.C7H6F3NO2.C2H6.H3NO/c16-15(17,18)22-9-4-3-5-10(8-9)23-19-13(20)11-6-1-2-7-12(11)14(19)21;8-7(9,10)12-5-2-1-3-6(4-5)13-11;2*1-2/h1-8H;1-4H,11H2;1-2H3;2H,1H2. The van der Waals surface area contributed by atoms with E-state index in [0.717, 1.165) is 24.3 Å². The van der Waals surface area contributed by atoms with E-state index in [1.165, 1.54) is 36.4 Å². The fraction of sp³-hybridized carbons (Fsp3) is 0.167. The smallest absolute Gasteiger partial charge is 0.411 e. The number of halogens is 6. The van der Waals surface area contributed by atoms with Gasteiger partial charge in [-0.2, -0.15) is 5.90 Å². The van der Waals surface area contributed by atoms with Gasteiger partial charge >= 0.3 is 12.7 Å². The molecule has 2 amide bonds. The molecule has 0 aromatic heterocycles. The summed E-state index contributed by atoms with van der Waals surface area (Å²) in [5, 5.41) is 7.00. The van der Waals surface area contributed by atoms with Crippen LogP contribution in [0.1, 0.15) is 34.6 Å². The van der Waals surface area contributed by atoms with Crippen molar-refractivity contribution in [2.45, 2.75) is 26.6 Å². The van der Waals surface area contributed by atoms with Crippen LogP contribution in [0.2, 0.25) is 0 Å². The number of alkyl halides is 6. The average Bonchev–Trinajstić information content (AvgIpc) is 3.15. The van der Waals surface area contributed by atoms with E-state index in [9.17, 15) is 35.9 Å². The second kappa shape index (κ2) is 15.2. The Kier molecular flexibility index (Phi) is 12.7. The predicted molar refractivity (Wildman–Crippen MR) is 126 cm³/mol. The summed E-state index contributed by atoms with van der Waals surface area (Å²) in [4.78, 5) is 33.5. The molecule has 3 aromatic carbocycles. The van der Waals surface area contributed by atoms with Crippen molar-refractivity contribution in [1.82, 2.24) is 5.06 Å². The molecule has 218 valence electrons. The minimum absolute atomic E-state index is 0.0988. The topological polar surface area (TPSA) is 147 Å². The lowest BCUT2D eigenvalue weighted by molar-refractivity contribution is -0.275. The number of imide groups is 1. The normalized spacial score (nSPS) is 11.9. The molecule has 0 spiro atoms. The van der Waals surface area contributed by atoms with Gasteiger partial charge in [-0.05, 0) is 36.4 Å². The zero-order valence-corrected chi connectivity index (χ0v) is 20.7. The number of hydrogen-bond donors (Lipinski definition) is 3. The summed E-state index contributed by atoms with van der Waals surface area (Å²) in [5.41, 5.74) is 0.334. The fourth-order valence-corrected chi connectivity index (χ4v) is 2.83. The third kappa shape index (κ3) is 10.3. The molecule has 1 aliphatic heterocycles. The average molecular weight is 579 g/mol. The molecule has 1 heterocycles. The lowest BCUT2D eigenvalue weighted by Crippen LogP contribution is -2.33. The van der Waals surface area contributed by atoms with Crippen LogP contribution >= 0.6 is 0 Å². The van der Waals surface area contributed by atoms with Gasteiger partial charge in [0, 0.05) is 12.1 Å². The van der Waals surface area contributed by atoms with Crippen molar-refractivity contribution >= 4 is 11.8 Å². The second-order valence-corrected chi connectivity index (χ2v) is 6.70. The first-order valence-corrected chi connectivity index (χ1v) is 10.9. The Labute approximate surface area is 223 Å². The maximum Gasteiger partial charge on any atom is 0.573 e. The lowest BCUT2D eigenvalue weighted by Gasteiger charge is -2.15. The summed E-state index contributed by atoms with van der Waals surface area (Å²) in [6.45, 7) is 4.00. The number of hydroxylamine groups is 2. The Balaban J connectivity index is 0.000000401. The third-order valence-electron chi connectivity index (χ3n) is 4.17. The zero-order valence-electron chi connectivity index (χ0n) is 20.7. The molecule has 0 atom stereocenters. The summed E-state index contributed by atoms with van der Waals surface area (Å²) < 4.78 is 79.0. The van der Waals surface area contributed by atoms with Gasteiger partial charge in [-0.3, -0.25) is 9.59 Å². The number of carbonyl (C=O) groups excluding carboxylic acids is 2. The van der Waals surface area contributed by atoms with Crippen molar-refractivity contribution in [2.75, 3.05) is 0 Å². The highest BCUT2D eigenvalue weighted by molar-refractivity contribution is 6.20. The minimum atomic E-state index is -4.85. The summed E-state index contributed by atoms with van der Waals surface area (Å²) in [5.74, 6) is 5.95. The van der Waals surface area contributed by atoms with Crippen LogP contribution in [-0.4, -0.2) is 34.8 Å². The number of nitrogens with zero attached hydrogens (tertiary/aromatic N) is 1. The highest BCUT2D eigenvalue weighted by Gasteiger charge is 2.38. The summed E-state index contributed by atoms with van der Waals surface area (Å²) >= 11 is 0. The lowest BCUT2D eigenvalue weighted by atomic mass is 10.1. The van der Waals surface area contributed by atoms with Crippen LogP contribution in [0.3, 0.4) is 0 Å². The van der Waals surface area contributed by atoms with Gasteiger partial charge < -0.3 is 24.4 Å². The van der Waals surface area contributed by atoms with Gasteiger partial charge in [0.05, 0.1) is 11.1 Å². The number of benzene rings is 3. The van der Waals surface area contributed by atoms with Gasteiger partial charge in [-0.15, -0.1) is 26.3 Å². The molecular weight excluding hydrogens is 556 g/mol. The maximum absolute atomic E-state index is 12.2. The molecule has 0 fully saturated rings. The van der Waals surface area contributed by atoms with Crippen LogP contribution in [-0.2, 0) is 0 Å². The van der Waals surface area contributed by atoms with Gasteiger partial charge in [0.2, 0.25) is 0 Å². The fourth-order valence-electron chi connectivity index (χ4n) is 2.83. The molecule has 0 saturated carbocycles. The van der Waals surface area contributed by atoms with Crippen LogP contribution in [0.4, 0.5) is 26.3 Å². The van der Waals surface area contributed by atoms with Gasteiger partial charge in [-0.1, -0.05) is 43.2 Å². The molecule has 0 radical (unpaired) electrons. The molecule has 0 saturated heterocycles. The molecule has 1 aliphatic rings. The molecule has 3 aromatic rings. The SMILES string of the molecule is CC.NO.NOc1cccc(OC(F)(F)F)c1.O=C1c2ccccc2C(=O)N1Oc1cccc(OC(F)(F)F)c1. The van der Waals surface area contributed by atoms with Crippen molar-refractivity contribution in [3.05, 3.63) is 83.9 Å². The number of fused-ring (bicyclic) bond motifs is 1. The molecule has 5 N–H and O–H groups in total. The van der Waals surface area contributed by atoms with E-state index in [2.05, 4.69) is 20.2 Å². The molecule has 0 aliphatic carbocycles. The van der Waals surface area contributed by atoms with Crippen LogP contribution in [0.5, 0.6) is 23.0 Å². The van der Waals surface area contributed by atoms with Crippen molar-refractivity contribution in [3.8, 4) is 23.0 Å². The van der Waals surface area contributed by atoms with E-state index in [4.69, 9.17) is 15.9 Å². The number of hydrogen-bond acceptors (Lipinski definition) is 9. The Morgan fingerprint density at radius 3 is 1.43 bits per heavy atom. The summed E-state index contributed by atoms with van der Waals surface area (Å²) in [6.07, 6.45) is -9.55. The molecule has 40 heavy (non-hydrogen) atoms. The maximum atomic E-state index is 12.2. The van der Waals surface area contributed by atoms with Gasteiger partial charge in [0.15, 0.2) is 11.5 Å². The molecule has 0 unspecified atom stereocenters. The second-order valence-electron chi connectivity index (χ2n) is 6.70. The van der Waals surface area contributed by atoms with E-state index in [-0.39, 0.29) is 28.4 Å². The van der Waals surface area contributed by atoms with E-state index in [1.807, 2.05) is 13.8 Å². The first kappa shape index (κ1) is 33.5. The highest BCUT2D eigenvalue weighted by Crippen LogP contribution is 2.29. The Morgan fingerprint density at radius 2 is 1.02 bits per heavy atom. The molecule has 16 heteroatoms. The zero-order chi connectivity index (χ0) is 30.5. The third-order valence-corrected chi connectivity index (χ3v) is 4.17. The van der Waals surface area contributed by atoms with E-state index >= 15 is 0 Å². The number of nitrogens with two attached hydrogens (primary N) is 2. The van der Waals surface area contributed by atoms with Crippen molar-refractivity contribution in [1.29, 1.82) is 0 Å². The number of carbonyl (C=O) groups is 2. The Hall–Kier alpha value is -4.54. The first-order valence-electron chi connectivity index (χ1n) is 10.9. The van der Waals surface area contributed by atoms with E-state index < -0.39 is 30.3 Å². The monoisotopic (exact) mass is 579 g/mol. The van der Waals surface area contributed by atoms with Gasteiger partial charge in [0.1, 0.15) is 11.5 Å². The summed E-state index contributed by atoms with van der Waals surface area (Å²) in [7, 11) is 0. The summed E-state index contributed by atoms with van der Waals surface area (Å²) in [6, 6.07) is 15.6. The first-order chi connectivity index (χ1) is 18.9. The predicted octanol–water partition coefficient (Wildman–Crippen LogP) is 5.37. The van der Waals surface area contributed by atoms with Crippen LogP contribution in [0.15, 0.2) is 72.8 Å². The number of amides is 2. The van der Waals surface area contributed by atoms with Crippen LogP contribution in [0.25, 0.3) is 0 Å². The quantitative estimate of drug-likeness (QED) is 0.206. The highest BCUT2D eigenvalue weighted by atomic mass is 19.4. The van der Waals surface area contributed by atoms with Crippen molar-refractivity contribution in [3.63, 3.8) is 0 Å². The van der Waals surface area contributed by atoms with E-state index in [1.54, 1.807) is 12.1 Å². The Bertz CT molecular complexity index is 1220. The Morgan fingerprint density at radius 1 is 0.650 bits per heavy atom. The van der Waals surface area contributed by atoms with Gasteiger partial charge in [-0.25, -0.2) is 5.90 Å². The molecule has 10 nitrogen and oxygen atoms in total. The number of rotatable bonds is 5. The van der Waals surface area contributed by atoms with Crippen molar-refractivity contribution < 1.29 is 60.3 Å².